The Labute approximate surface area is 154 Å². The first kappa shape index (κ1) is 20.2. The molecule has 2 heterocycles. The molecule has 1 amide bonds. The van der Waals surface area contributed by atoms with Crippen molar-refractivity contribution in [2.75, 3.05) is 13.1 Å². The van der Waals surface area contributed by atoms with Gasteiger partial charge in [0.15, 0.2) is 5.69 Å². The van der Waals surface area contributed by atoms with Crippen molar-refractivity contribution in [3.63, 3.8) is 0 Å². The minimum absolute atomic E-state index is 0. The number of alkyl halides is 3. The van der Waals surface area contributed by atoms with Crippen LogP contribution in [-0.4, -0.2) is 40.0 Å². The summed E-state index contributed by atoms with van der Waals surface area (Å²) in [5, 5.41) is 13.7. The first-order chi connectivity index (χ1) is 11.8. The molecular formula is C16H19ClF3N5O. The molecule has 0 radical (unpaired) electrons. The summed E-state index contributed by atoms with van der Waals surface area (Å²) in [4.78, 5) is 12.3. The van der Waals surface area contributed by atoms with E-state index >= 15 is 0 Å². The van der Waals surface area contributed by atoms with Gasteiger partial charge in [0.1, 0.15) is 0 Å². The van der Waals surface area contributed by atoms with Gasteiger partial charge in [0.05, 0.1) is 17.4 Å². The largest absolute Gasteiger partial charge is 0.416 e. The summed E-state index contributed by atoms with van der Waals surface area (Å²) in [5.74, 6) is -0.0896. The Morgan fingerprint density at radius 2 is 2.15 bits per heavy atom. The third kappa shape index (κ3) is 4.53. The van der Waals surface area contributed by atoms with Gasteiger partial charge in [0.25, 0.3) is 5.91 Å². The van der Waals surface area contributed by atoms with E-state index in [0.717, 1.165) is 36.3 Å². The molecule has 2 unspecified atom stereocenters. The number of rotatable bonds is 3. The minimum Gasteiger partial charge on any atom is -0.347 e. The van der Waals surface area contributed by atoms with Crippen molar-refractivity contribution in [1.29, 1.82) is 0 Å². The number of nitrogens with zero attached hydrogens (tertiary/aromatic N) is 3. The van der Waals surface area contributed by atoms with Gasteiger partial charge in [-0.25, -0.2) is 4.68 Å². The van der Waals surface area contributed by atoms with Crippen molar-refractivity contribution >= 4 is 18.3 Å². The first-order valence-electron chi connectivity index (χ1n) is 7.96. The van der Waals surface area contributed by atoms with Crippen LogP contribution in [0.3, 0.4) is 0 Å². The molecule has 3 rings (SSSR count). The van der Waals surface area contributed by atoms with Crippen LogP contribution in [0.25, 0.3) is 5.69 Å². The summed E-state index contributed by atoms with van der Waals surface area (Å²) in [7, 11) is 0. The molecule has 0 aliphatic carbocycles. The number of carbonyl (C=O) groups is 1. The first-order valence-corrected chi connectivity index (χ1v) is 7.96. The highest BCUT2D eigenvalue weighted by atomic mass is 35.5. The van der Waals surface area contributed by atoms with Crippen LogP contribution in [0.1, 0.15) is 29.4 Å². The van der Waals surface area contributed by atoms with Crippen LogP contribution < -0.4 is 10.6 Å². The van der Waals surface area contributed by atoms with E-state index in [1.807, 2.05) is 6.92 Å². The molecular weight excluding hydrogens is 371 g/mol. The number of hydrogen-bond donors (Lipinski definition) is 2. The van der Waals surface area contributed by atoms with Gasteiger partial charge in [0.2, 0.25) is 0 Å². The van der Waals surface area contributed by atoms with Gasteiger partial charge < -0.3 is 10.6 Å². The lowest BCUT2D eigenvalue weighted by Gasteiger charge is -2.29. The Balaban J connectivity index is 0.00000243. The van der Waals surface area contributed by atoms with E-state index in [9.17, 15) is 18.0 Å². The molecule has 1 aromatic heterocycles. The second-order valence-corrected chi connectivity index (χ2v) is 6.15. The van der Waals surface area contributed by atoms with E-state index in [-0.39, 0.29) is 41.7 Å². The number of benzene rings is 1. The zero-order valence-electron chi connectivity index (χ0n) is 14.0. The molecule has 2 N–H and O–H groups in total. The molecule has 1 aliphatic rings. The lowest BCUT2D eigenvalue weighted by molar-refractivity contribution is -0.137. The number of carbonyl (C=O) groups excluding carboxylic acids is 1. The monoisotopic (exact) mass is 389 g/mol. The molecule has 0 bridgehead atoms. The molecule has 6 nitrogen and oxygen atoms in total. The summed E-state index contributed by atoms with van der Waals surface area (Å²) in [6.07, 6.45) is -2.30. The van der Waals surface area contributed by atoms with Crippen molar-refractivity contribution < 1.29 is 18.0 Å². The molecule has 2 atom stereocenters. The molecule has 1 saturated heterocycles. The summed E-state index contributed by atoms with van der Waals surface area (Å²) in [6.45, 7) is 3.69. The molecule has 26 heavy (non-hydrogen) atoms. The van der Waals surface area contributed by atoms with E-state index in [1.165, 1.54) is 18.3 Å². The summed E-state index contributed by atoms with van der Waals surface area (Å²) in [6, 6.07) is 4.74. The van der Waals surface area contributed by atoms with Crippen molar-refractivity contribution in [1.82, 2.24) is 25.6 Å². The molecule has 0 spiro atoms. The number of nitrogens with one attached hydrogen (secondary N) is 2. The SMILES string of the molecule is CC1CNCCC1NC(=O)c1cn(-c2cccc(C(F)(F)F)c2)nn1.Cl. The average molecular weight is 390 g/mol. The fourth-order valence-electron chi connectivity index (χ4n) is 2.79. The normalized spacial score (nSPS) is 20.3. The maximum atomic E-state index is 12.8. The number of halogens is 4. The lowest BCUT2D eigenvalue weighted by atomic mass is 9.95. The van der Waals surface area contributed by atoms with Crippen molar-refractivity contribution in [3.8, 4) is 5.69 Å². The van der Waals surface area contributed by atoms with E-state index in [2.05, 4.69) is 20.9 Å². The second-order valence-electron chi connectivity index (χ2n) is 6.15. The van der Waals surface area contributed by atoms with Gasteiger partial charge in [-0.2, -0.15) is 13.2 Å². The van der Waals surface area contributed by atoms with E-state index in [1.54, 1.807) is 0 Å². The molecule has 0 saturated carbocycles. The van der Waals surface area contributed by atoms with Gasteiger partial charge >= 0.3 is 6.18 Å². The maximum absolute atomic E-state index is 12.8. The molecule has 1 aromatic carbocycles. The van der Waals surface area contributed by atoms with E-state index < -0.39 is 11.7 Å². The number of piperidine rings is 1. The van der Waals surface area contributed by atoms with Crippen LogP contribution >= 0.6 is 12.4 Å². The van der Waals surface area contributed by atoms with Crippen LogP contribution in [0.5, 0.6) is 0 Å². The second kappa shape index (κ2) is 8.05. The maximum Gasteiger partial charge on any atom is 0.416 e. The number of hydrogen-bond acceptors (Lipinski definition) is 4. The standard InChI is InChI=1S/C16H18F3N5O.ClH/c1-10-8-20-6-5-13(10)21-15(25)14-9-24(23-22-14)12-4-2-3-11(7-12)16(17,18)19;/h2-4,7,9-10,13,20H,5-6,8H2,1H3,(H,21,25);1H. The van der Waals surface area contributed by atoms with Gasteiger partial charge in [-0.1, -0.05) is 18.2 Å². The molecule has 142 valence electrons. The highest BCUT2D eigenvalue weighted by Crippen LogP contribution is 2.30. The van der Waals surface area contributed by atoms with Crippen LogP contribution in [0.2, 0.25) is 0 Å². The number of amides is 1. The fourth-order valence-corrected chi connectivity index (χ4v) is 2.79. The quantitative estimate of drug-likeness (QED) is 0.845. The third-order valence-electron chi connectivity index (χ3n) is 4.27. The minimum atomic E-state index is -4.44. The fraction of sp³-hybridized carbons (Fsp3) is 0.438. The Morgan fingerprint density at radius 1 is 1.38 bits per heavy atom. The summed E-state index contributed by atoms with van der Waals surface area (Å²) < 4.78 is 39.6. The average Bonchev–Trinajstić information content (AvgIpc) is 3.06. The summed E-state index contributed by atoms with van der Waals surface area (Å²) in [5.41, 5.74) is -0.519. The lowest BCUT2D eigenvalue weighted by Crippen LogP contribution is -2.48. The smallest absolute Gasteiger partial charge is 0.347 e. The Bertz CT molecular complexity index is 764. The Hall–Kier alpha value is -2.13. The molecule has 2 aromatic rings. The summed E-state index contributed by atoms with van der Waals surface area (Å²) >= 11 is 0. The molecule has 1 fully saturated rings. The van der Waals surface area contributed by atoms with Crippen LogP contribution in [0, 0.1) is 5.92 Å². The Kier molecular flexibility index (Phi) is 6.25. The van der Waals surface area contributed by atoms with Crippen LogP contribution in [-0.2, 0) is 6.18 Å². The van der Waals surface area contributed by atoms with Crippen molar-refractivity contribution in [2.45, 2.75) is 25.6 Å². The van der Waals surface area contributed by atoms with Gasteiger partial charge in [-0.3, -0.25) is 4.79 Å². The van der Waals surface area contributed by atoms with Crippen LogP contribution in [0.4, 0.5) is 13.2 Å². The highest BCUT2D eigenvalue weighted by Gasteiger charge is 2.30. The predicted octanol–water partition coefficient (Wildman–Crippen LogP) is 2.44. The van der Waals surface area contributed by atoms with Gasteiger partial charge in [-0.15, -0.1) is 17.5 Å². The molecule has 1 aliphatic heterocycles. The van der Waals surface area contributed by atoms with E-state index in [4.69, 9.17) is 0 Å². The van der Waals surface area contributed by atoms with Crippen molar-refractivity contribution in [3.05, 3.63) is 41.7 Å². The zero-order valence-corrected chi connectivity index (χ0v) is 14.8. The number of aromatic nitrogens is 3. The highest BCUT2D eigenvalue weighted by molar-refractivity contribution is 5.92. The van der Waals surface area contributed by atoms with E-state index in [0.29, 0.717) is 0 Å². The predicted molar refractivity (Wildman–Crippen MR) is 91.5 cm³/mol. The zero-order chi connectivity index (χ0) is 18.0. The Morgan fingerprint density at radius 3 is 2.85 bits per heavy atom. The van der Waals surface area contributed by atoms with Gasteiger partial charge in [0, 0.05) is 6.04 Å². The molecule has 10 heteroatoms. The van der Waals surface area contributed by atoms with Crippen LogP contribution in [0.15, 0.2) is 30.5 Å². The van der Waals surface area contributed by atoms with Crippen molar-refractivity contribution in [2.24, 2.45) is 5.92 Å². The van der Waals surface area contributed by atoms with Gasteiger partial charge in [-0.05, 0) is 43.6 Å². The third-order valence-corrected chi connectivity index (χ3v) is 4.27. The topological polar surface area (TPSA) is 71.8 Å².